The molecule has 0 aliphatic carbocycles. The summed E-state index contributed by atoms with van der Waals surface area (Å²) in [6.07, 6.45) is 3.28. The SMILES string of the molecule is COc1cc2occ(-c3ccc(C)cc3)c2cc1/C(C)=C/C(=O)Nc1ccc(NC(C)=O)cc1. The normalized spacial score (nSPS) is 11.4. The summed E-state index contributed by atoms with van der Waals surface area (Å²) in [6.45, 7) is 5.37. The molecule has 2 amide bonds. The van der Waals surface area contributed by atoms with Gasteiger partial charge < -0.3 is 19.8 Å². The Bertz CT molecular complexity index is 1380. The van der Waals surface area contributed by atoms with Crippen molar-refractivity contribution in [3.8, 4) is 16.9 Å². The molecule has 4 aromatic rings. The molecule has 0 radical (unpaired) electrons. The second-order valence-electron chi connectivity index (χ2n) is 8.14. The molecule has 0 atom stereocenters. The molecule has 0 spiro atoms. The predicted octanol–water partition coefficient (Wildman–Crippen LogP) is 6.42. The first-order valence-corrected chi connectivity index (χ1v) is 10.9. The minimum Gasteiger partial charge on any atom is -0.496 e. The quantitative estimate of drug-likeness (QED) is 0.330. The first-order valence-electron chi connectivity index (χ1n) is 10.9. The summed E-state index contributed by atoms with van der Waals surface area (Å²) >= 11 is 0. The molecule has 0 aliphatic rings. The minimum absolute atomic E-state index is 0.149. The number of rotatable bonds is 6. The Balaban J connectivity index is 1.62. The van der Waals surface area contributed by atoms with Crippen LogP contribution in [0.3, 0.4) is 0 Å². The monoisotopic (exact) mass is 454 g/mol. The number of carbonyl (C=O) groups excluding carboxylic acids is 2. The molecule has 34 heavy (non-hydrogen) atoms. The third kappa shape index (κ3) is 5.02. The van der Waals surface area contributed by atoms with Gasteiger partial charge in [-0.2, -0.15) is 0 Å². The number of ether oxygens (including phenoxy) is 1. The van der Waals surface area contributed by atoms with E-state index in [-0.39, 0.29) is 11.8 Å². The fourth-order valence-corrected chi connectivity index (χ4v) is 3.78. The Kier molecular flexibility index (Phi) is 6.50. The zero-order valence-electron chi connectivity index (χ0n) is 19.6. The van der Waals surface area contributed by atoms with Crippen LogP contribution in [0.15, 0.2) is 77.4 Å². The number of methoxy groups -OCH3 is 1. The maximum atomic E-state index is 12.7. The van der Waals surface area contributed by atoms with Crippen molar-refractivity contribution in [1.82, 2.24) is 0 Å². The molecule has 0 bridgehead atoms. The molecule has 6 nitrogen and oxygen atoms in total. The van der Waals surface area contributed by atoms with Crippen molar-refractivity contribution in [3.05, 3.63) is 84.1 Å². The summed E-state index contributed by atoms with van der Waals surface area (Å²) in [5.74, 6) is 0.209. The molecule has 0 saturated heterocycles. The van der Waals surface area contributed by atoms with Crippen LogP contribution in [0, 0.1) is 6.92 Å². The van der Waals surface area contributed by atoms with Gasteiger partial charge in [-0.1, -0.05) is 29.8 Å². The smallest absolute Gasteiger partial charge is 0.248 e. The van der Waals surface area contributed by atoms with Crippen molar-refractivity contribution >= 4 is 39.7 Å². The molecule has 1 aromatic heterocycles. The van der Waals surface area contributed by atoms with Gasteiger partial charge in [-0.05, 0) is 55.3 Å². The van der Waals surface area contributed by atoms with Gasteiger partial charge in [-0.3, -0.25) is 9.59 Å². The highest BCUT2D eigenvalue weighted by Gasteiger charge is 2.15. The van der Waals surface area contributed by atoms with Gasteiger partial charge in [-0.25, -0.2) is 0 Å². The summed E-state index contributed by atoms with van der Waals surface area (Å²) in [4.78, 5) is 23.8. The number of aryl methyl sites for hydroxylation is 1. The van der Waals surface area contributed by atoms with E-state index < -0.39 is 0 Å². The standard InChI is InChI=1S/C28H26N2O4/c1-17-5-7-20(8-6-17)25-16-34-27-15-26(33-4)23(14-24(25)27)18(2)13-28(32)30-22-11-9-21(10-12-22)29-19(3)31/h5-16H,1-4H3,(H,29,31)(H,30,32)/b18-13+. The lowest BCUT2D eigenvalue weighted by atomic mass is 9.99. The predicted molar refractivity (Wildman–Crippen MR) is 136 cm³/mol. The van der Waals surface area contributed by atoms with Gasteiger partial charge in [0.15, 0.2) is 0 Å². The van der Waals surface area contributed by atoms with Crippen molar-refractivity contribution in [2.75, 3.05) is 17.7 Å². The molecule has 172 valence electrons. The zero-order valence-corrected chi connectivity index (χ0v) is 19.6. The molecule has 2 N–H and O–H groups in total. The highest BCUT2D eigenvalue weighted by molar-refractivity contribution is 6.05. The molecule has 0 unspecified atom stereocenters. The Hall–Kier alpha value is -4.32. The van der Waals surface area contributed by atoms with Gasteiger partial charge >= 0.3 is 0 Å². The lowest BCUT2D eigenvalue weighted by Gasteiger charge is -2.10. The molecular formula is C28H26N2O4. The van der Waals surface area contributed by atoms with Crippen molar-refractivity contribution in [2.24, 2.45) is 0 Å². The van der Waals surface area contributed by atoms with Gasteiger partial charge in [0.05, 0.1) is 13.4 Å². The number of amides is 2. The summed E-state index contributed by atoms with van der Waals surface area (Å²) < 4.78 is 11.4. The highest BCUT2D eigenvalue weighted by Crippen LogP contribution is 2.37. The van der Waals surface area contributed by atoms with Crippen LogP contribution in [-0.4, -0.2) is 18.9 Å². The van der Waals surface area contributed by atoms with Crippen LogP contribution in [0.4, 0.5) is 11.4 Å². The summed E-state index contributed by atoms with van der Waals surface area (Å²) in [6, 6.07) is 19.0. The molecule has 4 rings (SSSR count). The van der Waals surface area contributed by atoms with E-state index in [1.165, 1.54) is 18.6 Å². The Morgan fingerprint density at radius 1 is 0.912 bits per heavy atom. The van der Waals surface area contributed by atoms with E-state index in [1.807, 2.05) is 19.1 Å². The third-order valence-electron chi connectivity index (χ3n) is 5.50. The molecule has 3 aromatic carbocycles. The average Bonchev–Trinajstić information content (AvgIpc) is 3.22. The highest BCUT2D eigenvalue weighted by atomic mass is 16.5. The van der Waals surface area contributed by atoms with Crippen LogP contribution in [0.25, 0.3) is 27.7 Å². The average molecular weight is 455 g/mol. The number of hydrogen-bond acceptors (Lipinski definition) is 4. The van der Waals surface area contributed by atoms with Crippen molar-refractivity contribution in [2.45, 2.75) is 20.8 Å². The molecule has 0 saturated carbocycles. The second kappa shape index (κ2) is 9.67. The van der Waals surface area contributed by atoms with E-state index in [1.54, 1.807) is 37.6 Å². The Morgan fingerprint density at radius 3 is 2.18 bits per heavy atom. The molecule has 1 heterocycles. The fourth-order valence-electron chi connectivity index (χ4n) is 3.78. The van der Waals surface area contributed by atoms with Gasteiger partial charge in [0.1, 0.15) is 11.3 Å². The van der Waals surface area contributed by atoms with Gasteiger partial charge in [-0.15, -0.1) is 0 Å². The van der Waals surface area contributed by atoms with Crippen molar-refractivity contribution in [3.63, 3.8) is 0 Å². The van der Waals surface area contributed by atoms with Crippen molar-refractivity contribution < 1.29 is 18.7 Å². The van der Waals surface area contributed by atoms with E-state index in [9.17, 15) is 9.59 Å². The number of carbonyl (C=O) groups is 2. The van der Waals surface area contributed by atoms with Crippen LogP contribution in [-0.2, 0) is 9.59 Å². The maximum Gasteiger partial charge on any atom is 0.248 e. The van der Waals surface area contributed by atoms with E-state index >= 15 is 0 Å². The number of fused-ring (bicyclic) bond motifs is 1. The van der Waals surface area contributed by atoms with Crippen LogP contribution < -0.4 is 15.4 Å². The van der Waals surface area contributed by atoms with Crippen LogP contribution in [0.5, 0.6) is 5.75 Å². The minimum atomic E-state index is -0.266. The topological polar surface area (TPSA) is 80.6 Å². The lowest BCUT2D eigenvalue weighted by Crippen LogP contribution is -2.09. The van der Waals surface area contributed by atoms with E-state index in [2.05, 4.69) is 41.8 Å². The van der Waals surface area contributed by atoms with Crippen LogP contribution >= 0.6 is 0 Å². The number of furan rings is 1. The zero-order chi connectivity index (χ0) is 24.2. The number of hydrogen-bond donors (Lipinski definition) is 2. The lowest BCUT2D eigenvalue weighted by molar-refractivity contribution is -0.114. The first kappa shape index (κ1) is 22.9. The molecule has 6 heteroatoms. The summed E-state index contributed by atoms with van der Waals surface area (Å²) in [5, 5.41) is 6.49. The summed E-state index contributed by atoms with van der Waals surface area (Å²) in [7, 11) is 1.60. The maximum absolute atomic E-state index is 12.7. The molecule has 0 aliphatic heterocycles. The summed E-state index contributed by atoms with van der Waals surface area (Å²) in [5.41, 5.74) is 6.80. The number of allylic oxidation sites excluding steroid dienone is 1. The van der Waals surface area contributed by atoms with E-state index in [0.29, 0.717) is 22.7 Å². The number of nitrogens with one attached hydrogen (secondary N) is 2. The number of anilines is 2. The van der Waals surface area contributed by atoms with Crippen molar-refractivity contribution in [1.29, 1.82) is 0 Å². The molecular weight excluding hydrogens is 428 g/mol. The first-order chi connectivity index (χ1) is 16.3. The van der Waals surface area contributed by atoms with Gasteiger partial charge in [0, 0.05) is 47.0 Å². The second-order valence-corrected chi connectivity index (χ2v) is 8.14. The van der Waals surface area contributed by atoms with Crippen LogP contribution in [0.2, 0.25) is 0 Å². The Morgan fingerprint density at radius 2 is 1.56 bits per heavy atom. The fraction of sp³-hybridized carbons (Fsp3) is 0.143. The Labute approximate surface area is 198 Å². The largest absolute Gasteiger partial charge is 0.496 e. The van der Waals surface area contributed by atoms with E-state index in [0.717, 1.165) is 27.6 Å². The third-order valence-corrected chi connectivity index (χ3v) is 5.50. The van der Waals surface area contributed by atoms with E-state index in [4.69, 9.17) is 9.15 Å². The van der Waals surface area contributed by atoms with Gasteiger partial charge in [0.25, 0.3) is 0 Å². The molecule has 0 fully saturated rings. The number of benzene rings is 3. The van der Waals surface area contributed by atoms with Gasteiger partial charge in [0.2, 0.25) is 11.8 Å². The van der Waals surface area contributed by atoms with Crippen LogP contribution in [0.1, 0.15) is 25.0 Å².